The van der Waals surface area contributed by atoms with E-state index in [1.165, 1.54) is 12.3 Å². The highest BCUT2D eigenvalue weighted by atomic mass is 16.5. The molecular weight excluding hydrogens is 196 g/mol. The molecule has 0 unspecified atom stereocenters. The molecular formula is C10H16N2O3. The Labute approximate surface area is 88.4 Å². The first-order valence-corrected chi connectivity index (χ1v) is 4.94. The SMILES string of the molecule is CC(C)COCCOc1cn[nH]c(=O)c1. The van der Waals surface area contributed by atoms with E-state index in [1.807, 2.05) is 0 Å². The molecule has 0 saturated carbocycles. The molecule has 0 aliphatic heterocycles. The Hall–Kier alpha value is -1.36. The second-order valence-electron chi connectivity index (χ2n) is 3.60. The fraction of sp³-hybridized carbons (Fsp3) is 0.600. The molecule has 0 spiro atoms. The summed E-state index contributed by atoms with van der Waals surface area (Å²) in [5, 5.41) is 5.88. The molecule has 1 aromatic rings. The lowest BCUT2D eigenvalue weighted by atomic mass is 10.2. The molecule has 0 bridgehead atoms. The summed E-state index contributed by atoms with van der Waals surface area (Å²) in [5.74, 6) is 0.984. The molecule has 84 valence electrons. The van der Waals surface area contributed by atoms with Crippen molar-refractivity contribution in [3.05, 3.63) is 22.6 Å². The second-order valence-corrected chi connectivity index (χ2v) is 3.60. The van der Waals surface area contributed by atoms with Crippen LogP contribution in [0.5, 0.6) is 5.75 Å². The van der Waals surface area contributed by atoms with Gasteiger partial charge in [0.15, 0.2) is 0 Å². The van der Waals surface area contributed by atoms with E-state index in [2.05, 4.69) is 24.0 Å². The fourth-order valence-corrected chi connectivity index (χ4v) is 0.975. The first-order valence-electron chi connectivity index (χ1n) is 4.94. The largest absolute Gasteiger partial charge is 0.489 e. The standard InChI is InChI=1S/C10H16N2O3/c1-8(2)7-14-3-4-15-9-5-10(13)12-11-6-9/h5-6,8H,3-4,7H2,1-2H3,(H,12,13). The monoisotopic (exact) mass is 212 g/mol. The molecule has 5 heteroatoms. The van der Waals surface area contributed by atoms with Crippen LogP contribution in [0.2, 0.25) is 0 Å². The van der Waals surface area contributed by atoms with Gasteiger partial charge in [-0.05, 0) is 5.92 Å². The van der Waals surface area contributed by atoms with Gasteiger partial charge in [0.2, 0.25) is 0 Å². The van der Waals surface area contributed by atoms with Crippen LogP contribution < -0.4 is 10.3 Å². The molecule has 0 aliphatic carbocycles. The van der Waals surface area contributed by atoms with E-state index in [4.69, 9.17) is 9.47 Å². The molecule has 1 aromatic heterocycles. The van der Waals surface area contributed by atoms with E-state index in [9.17, 15) is 4.79 Å². The number of aromatic amines is 1. The van der Waals surface area contributed by atoms with Gasteiger partial charge < -0.3 is 9.47 Å². The zero-order valence-corrected chi connectivity index (χ0v) is 9.03. The molecule has 0 atom stereocenters. The Morgan fingerprint density at radius 2 is 2.27 bits per heavy atom. The average Bonchev–Trinajstić information content (AvgIpc) is 2.17. The Balaban J connectivity index is 2.18. The molecule has 0 amide bonds. The van der Waals surface area contributed by atoms with Crippen LogP contribution in [-0.4, -0.2) is 30.0 Å². The highest BCUT2D eigenvalue weighted by Gasteiger charge is 1.96. The number of hydrogen-bond donors (Lipinski definition) is 1. The van der Waals surface area contributed by atoms with Crippen molar-refractivity contribution in [2.24, 2.45) is 5.92 Å². The van der Waals surface area contributed by atoms with E-state index in [-0.39, 0.29) is 5.56 Å². The average molecular weight is 212 g/mol. The van der Waals surface area contributed by atoms with Crippen LogP contribution in [-0.2, 0) is 4.74 Å². The Morgan fingerprint density at radius 3 is 2.93 bits per heavy atom. The number of rotatable bonds is 6. The molecule has 0 aliphatic rings. The van der Waals surface area contributed by atoms with E-state index >= 15 is 0 Å². The van der Waals surface area contributed by atoms with Crippen molar-refractivity contribution >= 4 is 0 Å². The van der Waals surface area contributed by atoms with Gasteiger partial charge in [-0.1, -0.05) is 13.8 Å². The normalized spacial score (nSPS) is 10.6. The molecule has 0 saturated heterocycles. The van der Waals surface area contributed by atoms with Crippen LogP contribution in [0.3, 0.4) is 0 Å². The quantitative estimate of drug-likeness (QED) is 0.709. The summed E-state index contributed by atoms with van der Waals surface area (Å²) in [4.78, 5) is 10.8. The van der Waals surface area contributed by atoms with Gasteiger partial charge in [0.1, 0.15) is 12.4 Å². The van der Waals surface area contributed by atoms with Crippen LogP contribution in [0, 0.1) is 5.92 Å². The predicted octanol–water partition coefficient (Wildman–Crippen LogP) is 0.821. The summed E-state index contributed by atoms with van der Waals surface area (Å²) in [6.07, 6.45) is 1.46. The maximum absolute atomic E-state index is 10.8. The smallest absolute Gasteiger partial charge is 0.267 e. The summed E-state index contributed by atoms with van der Waals surface area (Å²) in [6.45, 7) is 5.84. The van der Waals surface area contributed by atoms with Crippen molar-refractivity contribution in [3.63, 3.8) is 0 Å². The summed E-state index contributed by atoms with van der Waals surface area (Å²) >= 11 is 0. The van der Waals surface area contributed by atoms with E-state index in [1.54, 1.807) is 0 Å². The van der Waals surface area contributed by atoms with Crippen LogP contribution in [0.1, 0.15) is 13.8 Å². The number of aromatic nitrogens is 2. The summed E-state index contributed by atoms with van der Waals surface area (Å²) in [7, 11) is 0. The van der Waals surface area contributed by atoms with E-state index in [0.29, 0.717) is 24.9 Å². The van der Waals surface area contributed by atoms with Crippen molar-refractivity contribution in [1.29, 1.82) is 0 Å². The zero-order valence-electron chi connectivity index (χ0n) is 9.03. The van der Waals surface area contributed by atoms with Crippen molar-refractivity contribution in [3.8, 4) is 5.75 Å². The zero-order chi connectivity index (χ0) is 11.1. The summed E-state index contributed by atoms with van der Waals surface area (Å²) in [5.41, 5.74) is -0.268. The lowest BCUT2D eigenvalue weighted by Gasteiger charge is -2.07. The summed E-state index contributed by atoms with van der Waals surface area (Å²) < 4.78 is 10.6. The Bertz CT molecular complexity index is 335. The molecule has 1 N–H and O–H groups in total. The third-order valence-electron chi connectivity index (χ3n) is 1.59. The molecule has 15 heavy (non-hydrogen) atoms. The number of hydrogen-bond acceptors (Lipinski definition) is 4. The van der Waals surface area contributed by atoms with E-state index in [0.717, 1.165) is 6.61 Å². The highest BCUT2D eigenvalue weighted by Crippen LogP contribution is 2.01. The van der Waals surface area contributed by atoms with Gasteiger partial charge in [0, 0.05) is 12.7 Å². The Morgan fingerprint density at radius 1 is 1.47 bits per heavy atom. The first-order chi connectivity index (χ1) is 7.18. The minimum Gasteiger partial charge on any atom is -0.489 e. The molecule has 1 rings (SSSR count). The van der Waals surface area contributed by atoms with Gasteiger partial charge in [0.25, 0.3) is 5.56 Å². The molecule has 0 aromatic carbocycles. The number of ether oxygens (including phenoxy) is 2. The van der Waals surface area contributed by atoms with E-state index < -0.39 is 0 Å². The molecule has 0 radical (unpaired) electrons. The van der Waals surface area contributed by atoms with Gasteiger partial charge in [-0.3, -0.25) is 4.79 Å². The topological polar surface area (TPSA) is 64.2 Å². The van der Waals surface area contributed by atoms with Gasteiger partial charge >= 0.3 is 0 Å². The lowest BCUT2D eigenvalue weighted by Crippen LogP contribution is -2.12. The fourth-order valence-electron chi connectivity index (χ4n) is 0.975. The van der Waals surface area contributed by atoms with Crippen LogP contribution in [0.25, 0.3) is 0 Å². The first kappa shape index (κ1) is 11.7. The van der Waals surface area contributed by atoms with Crippen molar-refractivity contribution < 1.29 is 9.47 Å². The summed E-state index contributed by atoms with van der Waals surface area (Å²) in [6, 6.07) is 1.36. The molecule has 5 nitrogen and oxygen atoms in total. The van der Waals surface area contributed by atoms with Gasteiger partial charge in [0.05, 0.1) is 12.8 Å². The number of nitrogens with zero attached hydrogens (tertiary/aromatic N) is 1. The van der Waals surface area contributed by atoms with Crippen LogP contribution in [0.15, 0.2) is 17.1 Å². The second kappa shape index (κ2) is 6.19. The molecule has 1 heterocycles. The van der Waals surface area contributed by atoms with Gasteiger partial charge in [-0.25, -0.2) is 5.10 Å². The predicted molar refractivity (Wildman–Crippen MR) is 56.0 cm³/mol. The number of nitrogens with one attached hydrogen (secondary N) is 1. The molecule has 0 fully saturated rings. The van der Waals surface area contributed by atoms with Crippen LogP contribution >= 0.6 is 0 Å². The minimum atomic E-state index is -0.268. The van der Waals surface area contributed by atoms with Gasteiger partial charge in [-0.15, -0.1) is 0 Å². The minimum absolute atomic E-state index is 0.268. The van der Waals surface area contributed by atoms with Crippen molar-refractivity contribution in [1.82, 2.24) is 10.2 Å². The third kappa shape index (κ3) is 5.17. The van der Waals surface area contributed by atoms with Crippen molar-refractivity contribution in [2.75, 3.05) is 19.8 Å². The maximum Gasteiger partial charge on any atom is 0.267 e. The van der Waals surface area contributed by atoms with Crippen LogP contribution in [0.4, 0.5) is 0 Å². The Kier molecular flexibility index (Phi) is 4.83. The number of H-pyrrole nitrogens is 1. The lowest BCUT2D eigenvalue weighted by molar-refractivity contribution is 0.0817. The highest BCUT2D eigenvalue weighted by molar-refractivity contribution is 5.12. The maximum atomic E-state index is 10.8. The third-order valence-corrected chi connectivity index (χ3v) is 1.59. The van der Waals surface area contributed by atoms with Crippen molar-refractivity contribution in [2.45, 2.75) is 13.8 Å². The van der Waals surface area contributed by atoms with Gasteiger partial charge in [-0.2, -0.15) is 5.10 Å².